The normalized spacial score (nSPS) is 10.4. The van der Waals surface area contributed by atoms with E-state index in [2.05, 4.69) is 14.7 Å². The van der Waals surface area contributed by atoms with Gasteiger partial charge in [0.2, 0.25) is 0 Å². The molecule has 0 aliphatic rings. The predicted octanol–water partition coefficient (Wildman–Crippen LogP) is 8.78. The number of hydrogen-bond acceptors (Lipinski definition) is 13. The van der Waals surface area contributed by atoms with E-state index < -0.39 is 26.8 Å². The molecule has 0 atom stereocenters. The largest absolute Gasteiger partial charge is 0.477 e. The van der Waals surface area contributed by atoms with Gasteiger partial charge in [-0.25, -0.2) is 14.6 Å². The number of nitro benzene ring substituents is 2. The van der Waals surface area contributed by atoms with E-state index in [1.165, 1.54) is 36.7 Å². The Kier molecular flexibility index (Phi) is 16.2. The molecule has 0 saturated heterocycles. The van der Waals surface area contributed by atoms with Gasteiger partial charge in [0.25, 0.3) is 11.4 Å². The van der Waals surface area contributed by atoms with Crippen LogP contribution in [0.4, 0.5) is 16.2 Å². The van der Waals surface area contributed by atoms with Crippen LogP contribution in [-0.2, 0) is 20.7 Å². The second-order valence-electron chi connectivity index (χ2n) is 12.5. The number of aromatic carboxylic acids is 1. The number of esters is 1. The summed E-state index contributed by atoms with van der Waals surface area (Å²) in [5.41, 5.74) is 0.0409. The molecule has 53 heavy (non-hydrogen) atoms. The third-order valence-corrected chi connectivity index (χ3v) is 6.35. The summed E-state index contributed by atoms with van der Waals surface area (Å²) in [6.07, 6.45) is 2.82. The predicted molar refractivity (Wildman–Crippen MR) is 193 cm³/mol. The van der Waals surface area contributed by atoms with Gasteiger partial charge < -0.3 is 24.1 Å². The summed E-state index contributed by atoms with van der Waals surface area (Å²) >= 11 is 4.86. The minimum Gasteiger partial charge on any atom is -0.477 e. The van der Waals surface area contributed by atoms with Crippen molar-refractivity contribution >= 4 is 40.3 Å². The number of ether oxygens (including phenoxy) is 4. The number of halogens is 1. The molecule has 1 N–H and O–H groups in total. The van der Waals surface area contributed by atoms with Crippen LogP contribution in [0.25, 0.3) is 0 Å². The van der Waals surface area contributed by atoms with Crippen LogP contribution < -0.4 is 9.47 Å². The fourth-order valence-corrected chi connectivity index (χ4v) is 4.00. The first-order chi connectivity index (χ1) is 24.7. The molecular formula is C36H39ClN4O12. The minimum atomic E-state index is -1.18. The number of carbonyl (C=O) groups excluding carboxylic acids is 2. The van der Waals surface area contributed by atoms with Crippen LogP contribution in [0.2, 0.25) is 0 Å². The smallest absolute Gasteiger partial charge is 0.403 e. The van der Waals surface area contributed by atoms with E-state index in [9.17, 15) is 34.6 Å². The molecule has 0 fully saturated rings. The first kappa shape index (κ1) is 43.0. The molecule has 0 bridgehead atoms. The van der Waals surface area contributed by atoms with Crippen LogP contribution in [0.15, 0.2) is 73.1 Å². The Labute approximate surface area is 310 Å². The lowest BCUT2D eigenvalue weighted by Gasteiger charge is -2.19. The van der Waals surface area contributed by atoms with Crippen LogP contribution in [0.3, 0.4) is 0 Å². The van der Waals surface area contributed by atoms with Gasteiger partial charge in [-0.2, -0.15) is 0 Å². The van der Waals surface area contributed by atoms with E-state index in [-0.39, 0.29) is 41.0 Å². The molecular weight excluding hydrogens is 716 g/mol. The lowest BCUT2D eigenvalue weighted by atomic mass is 10.2. The highest BCUT2D eigenvalue weighted by Gasteiger charge is 2.18. The number of nitro groups is 2. The molecule has 0 spiro atoms. The zero-order valence-corrected chi connectivity index (χ0v) is 30.8. The highest BCUT2D eigenvalue weighted by Crippen LogP contribution is 2.29. The average molecular weight is 755 g/mol. The SMILES string of the molecule is CC(C)COC(=O)Cl.Cc1ccc(Oc2ccnc(C(=O)O)c2)cc1[N+](=O)[O-].Cc1ccc(Oc2ccnc(CC(=O)OC(C)(C)C)c2)cc1[N+](=O)[O-]. The van der Waals surface area contributed by atoms with Crippen LogP contribution in [-0.4, -0.2) is 54.5 Å². The van der Waals surface area contributed by atoms with Crippen molar-refractivity contribution in [3.8, 4) is 23.0 Å². The summed E-state index contributed by atoms with van der Waals surface area (Å²) < 4.78 is 20.7. The Hall–Kier alpha value is -6.16. The molecule has 16 nitrogen and oxygen atoms in total. The Bertz CT molecular complexity index is 1930. The van der Waals surface area contributed by atoms with Gasteiger partial charge in [0.05, 0.1) is 40.7 Å². The quantitative estimate of drug-likeness (QED) is 0.0654. The van der Waals surface area contributed by atoms with Crippen LogP contribution >= 0.6 is 11.6 Å². The van der Waals surface area contributed by atoms with Gasteiger partial charge in [0.15, 0.2) is 5.69 Å². The topological polar surface area (TPSA) is 220 Å². The van der Waals surface area contributed by atoms with Gasteiger partial charge in [-0.15, -0.1) is 0 Å². The van der Waals surface area contributed by atoms with E-state index in [4.69, 9.17) is 30.9 Å². The zero-order valence-electron chi connectivity index (χ0n) is 30.0. The van der Waals surface area contributed by atoms with E-state index in [1.807, 2.05) is 13.8 Å². The molecule has 2 aromatic heterocycles. The third kappa shape index (κ3) is 16.2. The summed E-state index contributed by atoms with van der Waals surface area (Å²) in [6.45, 7) is 13.0. The van der Waals surface area contributed by atoms with Crippen LogP contribution in [0, 0.1) is 40.0 Å². The number of hydrogen-bond donors (Lipinski definition) is 1. The molecule has 17 heteroatoms. The van der Waals surface area contributed by atoms with Crippen LogP contribution in [0.5, 0.6) is 23.0 Å². The number of rotatable bonds is 11. The standard InChI is InChI=1S/C18H20N2O5.C13H10N2O5.C5H9ClO2/c1-12-5-6-14(11-16(12)20(22)23)24-15-7-8-19-13(9-15)10-17(21)25-18(2,3)4;1-8-2-3-9(7-12(8)15(18)19)20-10-4-5-14-11(6-10)13(16)17;1-4(2)3-8-5(6)7/h5-9,11H,10H2,1-4H3;2-7H,1H3,(H,16,17);4H,3H2,1-2H3. The molecule has 0 radical (unpaired) electrons. The van der Waals surface area contributed by atoms with E-state index in [0.29, 0.717) is 40.8 Å². The van der Waals surface area contributed by atoms with Gasteiger partial charge in [-0.05, 0) is 76.9 Å². The van der Waals surface area contributed by atoms with Crippen molar-refractivity contribution in [2.45, 2.75) is 60.5 Å². The Morgan fingerprint density at radius 2 is 1.26 bits per heavy atom. The number of nitrogens with zero attached hydrogens (tertiary/aromatic N) is 4. The summed E-state index contributed by atoms with van der Waals surface area (Å²) in [4.78, 5) is 61.2. The Morgan fingerprint density at radius 1 is 0.792 bits per heavy atom. The first-order valence-corrected chi connectivity index (χ1v) is 16.2. The van der Waals surface area contributed by atoms with E-state index in [0.717, 1.165) is 0 Å². The Morgan fingerprint density at radius 3 is 1.68 bits per heavy atom. The van der Waals surface area contributed by atoms with Gasteiger partial charge >= 0.3 is 17.4 Å². The number of benzene rings is 2. The van der Waals surface area contributed by atoms with Gasteiger partial charge in [0, 0.05) is 47.3 Å². The second-order valence-corrected chi connectivity index (χ2v) is 12.8. The summed E-state index contributed by atoms with van der Waals surface area (Å²) in [7, 11) is 0. The number of carbonyl (C=O) groups is 3. The third-order valence-electron chi connectivity index (χ3n) is 6.24. The average Bonchev–Trinajstić information content (AvgIpc) is 3.05. The highest BCUT2D eigenvalue weighted by atomic mass is 35.5. The van der Waals surface area contributed by atoms with Crippen molar-refractivity contribution in [1.29, 1.82) is 0 Å². The van der Waals surface area contributed by atoms with Crippen molar-refractivity contribution in [3.05, 3.63) is 116 Å². The molecule has 4 rings (SSSR count). The van der Waals surface area contributed by atoms with Gasteiger partial charge in [-0.3, -0.25) is 30.0 Å². The lowest BCUT2D eigenvalue weighted by Crippen LogP contribution is -2.25. The van der Waals surface area contributed by atoms with Gasteiger partial charge in [0.1, 0.15) is 28.6 Å². The summed E-state index contributed by atoms with van der Waals surface area (Å²) in [5.74, 6) is 0.0741. The molecule has 0 aliphatic carbocycles. The molecule has 2 heterocycles. The monoisotopic (exact) mass is 754 g/mol. The van der Waals surface area contributed by atoms with Crippen molar-refractivity contribution in [3.63, 3.8) is 0 Å². The molecule has 2 aromatic carbocycles. The number of pyridine rings is 2. The van der Waals surface area contributed by atoms with Crippen LogP contribution in [0.1, 0.15) is 61.9 Å². The lowest BCUT2D eigenvalue weighted by molar-refractivity contribution is -0.385. The molecule has 0 aliphatic heterocycles. The molecule has 0 unspecified atom stereocenters. The van der Waals surface area contributed by atoms with Crippen molar-refractivity contribution in [1.82, 2.24) is 9.97 Å². The molecule has 4 aromatic rings. The summed E-state index contributed by atoms with van der Waals surface area (Å²) in [5, 5.41) is 30.7. The fraction of sp³-hybridized carbons (Fsp3) is 0.306. The molecule has 282 valence electrons. The number of carboxylic acids is 1. The maximum atomic E-state index is 11.9. The van der Waals surface area contributed by atoms with E-state index >= 15 is 0 Å². The fourth-order valence-electron chi connectivity index (χ4n) is 3.94. The van der Waals surface area contributed by atoms with Crippen molar-refractivity contribution in [2.24, 2.45) is 5.92 Å². The van der Waals surface area contributed by atoms with Crippen molar-refractivity contribution in [2.75, 3.05) is 6.61 Å². The van der Waals surface area contributed by atoms with Crippen molar-refractivity contribution < 1.29 is 48.3 Å². The highest BCUT2D eigenvalue weighted by molar-refractivity contribution is 6.61. The maximum Gasteiger partial charge on any atom is 0.403 e. The Balaban J connectivity index is 0.000000310. The zero-order chi connectivity index (χ0) is 39.9. The van der Waals surface area contributed by atoms with Gasteiger partial charge in [-0.1, -0.05) is 13.8 Å². The second kappa shape index (κ2) is 20.0. The minimum absolute atomic E-state index is 0.0134. The number of aromatic nitrogens is 2. The molecule has 0 amide bonds. The van der Waals surface area contributed by atoms with E-state index in [1.54, 1.807) is 71.0 Å². The summed E-state index contributed by atoms with van der Waals surface area (Å²) in [6, 6.07) is 15.0. The molecule has 0 saturated carbocycles. The number of carboxylic acid groups (broad SMARTS) is 1. The maximum absolute atomic E-state index is 11.9. The number of aryl methyl sites for hydroxylation is 2. The first-order valence-electron chi connectivity index (χ1n) is 15.8.